The average Bonchev–Trinajstić information content (AvgIpc) is 2.76. The number of carbonyl (C=O) groups excluding carboxylic acids is 1. The van der Waals surface area contributed by atoms with Crippen molar-refractivity contribution in [3.05, 3.63) is 42.2 Å². The minimum absolute atomic E-state index is 0.118. The van der Waals surface area contributed by atoms with Crippen LogP contribution in [-0.4, -0.2) is 24.6 Å². The topological polar surface area (TPSA) is 60.5 Å². The molecule has 5 heteroatoms. The molecule has 0 bridgehead atoms. The first-order valence-corrected chi connectivity index (χ1v) is 5.87. The summed E-state index contributed by atoms with van der Waals surface area (Å²) in [4.78, 5) is 14.0. The molecule has 1 heterocycles. The van der Waals surface area contributed by atoms with Crippen LogP contribution in [0.4, 0.5) is 11.4 Å². The largest absolute Gasteiger partial charge is 0.497 e. The summed E-state index contributed by atoms with van der Waals surface area (Å²) >= 11 is 0. The van der Waals surface area contributed by atoms with Gasteiger partial charge in [-0.15, -0.1) is 0 Å². The second kappa shape index (κ2) is 5.06. The van der Waals surface area contributed by atoms with Gasteiger partial charge in [0.05, 0.1) is 12.8 Å². The van der Waals surface area contributed by atoms with Crippen molar-refractivity contribution in [3.63, 3.8) is 0 Å². The monoisotopic (exact) mass is 259 g/mol. The van der Waals surface area contributed by atoms with Crippen molar-refractivity contribution >= 4 is 17.3 Å². The van der Waals surface area contributed by atoms with Crippen molar-refractivity contribution in [2.45, 2.75) is 0 Å². The van der Waals surface area contributed by atoms with Gasteiger partial charge in [-0.05, 0) is 18.2 Å². The number of ether oxygens (including phenoxy) is 1. The molecule has 0 aliphatic heterocycles. The van der Waals surface area contributed by atoms with Crippen molar-refractivity contribution in [1.82, 2.24) is 4.57 Å². The molecule has 0 radical (unpaired) electrons. The molecule has 0 saturated carbocycles. The van der Waals surface area contributed by atoms with E-state index in [1.54, 1.807) is 42.9 Å². The molecule has 0 unspecified atom stereocenters. The first-order valence-electron chi connectivity index (χ1n) is 5.87. The van der Waals surface area contributed by atoms with Gasteiger partial charge in [0, 0.05) is 32.0 Å². The van der Waals surface area contributed by atoms with Gasteiger partial charge < -0.3 is 19.9 Å². The molecule has 2 aromatic rings. The second-order valence-corrected chi connectivity index (χ2v) is 4.34. The molecule has 0 atom stereocenters. The van der Waals surface area contributed by atoms with Crippen LogP contribution < -0.4 is 15.4 Å². The number of nitrogens with zero attached hydrogens (tertiary/aromatic N) is 2. The summed E-state index contributed by atoms with van der Waals surface area (Å²) in [6.07, 6.45) is 1.71. The summed E-state index contributed by atoms with van der Waals surface area (Å²) in [6, 6.07) is 9.01. The third-order valence-corrected chi connectivity index (χ3v) is 2.99. The van der Waals surface area contributed by atoms with E-state index in [9.17, 15) is 4.79 Å². The Balaban J connectivity index is 2.30. The number of nitrogens with two attached hydrogens (primary N) is 1. The van der Waals surface area contributed by atoms with E-state index in [0.29, 0.717) is 17.1 Å². The number of rotatable bonds is 3. The lowest BCUT2D eigenvalue weighted by Gasteiger charge is -2.18. The molecule has 2 rings (SSSR count). The molecule has 0 aliphatic carbocycles. The lowest BCUT2D eigenvalue weighted by Crippen LogP contribution is -2.27. The van der Waals surface area contributed by atoms with Crippen LogP contribution >= 0.6 is 0 Å². The van der Waals surface area contributed by atoms with Crippen molar-refractivity contribution in [2.24, 2.45) is 7.05 Å². The highest BCUT2D eigenvalue weighted by atomic mass is 16.5. The normalized spacial score (nSPS) is 10.3. The number of nitrogen functional groups attached to an aromatic ring is 1. The molecule has 1 amide bonds. The number of amides is 1. The Labute approximate surface area is 112 Å². The van der Waals surface area contributed by atoms with E-state index < -0.39 is 0 Å². The van der Waals surface area contributed by atoms with E-state index in [1.165, 1.54) is 0 Å². The predicted octanol–water partition coefficient (Wildman–Crippen LogP) is 1.89. The first-order chi connectivity index (χ1) is 9.02. The molecule has 0 spiro atoms. The zero-order valence-corrected chi connectivity index (χ0v) is 11.3. The van der Waals surface area contributed by atoms with Gasteiger partial charge in [-0.25, -0.2) is 0 Å². The lowest BCUT2D eigenvalue weighted by molar-refractivity contribution is 0.0985. The Morgan fingerprint density at radius 2 is 2.11 bits per heavy atom. The van der Waals surface area contributed by atoms with Crippen LogP contribution in [0.1, 0.15) is 10.5 Å². The van der Waals surface area contributed by atoms with E-state index in [-0.39, 0.29) is 5.91 Å². The molecule has 1 aromatic heterocycles. The Bertz CT molecular complexity index is 604. The maximum absolute atomic E-state index is 12.4. The first kappa shape index (κ1) is 13.0. The van der Waals surface area contributed by atoms with Crippen LogP contribution in [0.2, 0.25) is 0 Å². The second-order valence-electron chi connectivity index (χ2n) is 4.34. The van der Waals surface area contributed by atoms with Crippen LogP contribution in [-0.2, 0) is 7.05 Å². The van der Waals surface area contributed by atoms with E-state index in [4.69, 9.17) is 10.5 Å². The van der Waals surface area contributed by atoms with Gasteiger partial charge in [-0.3, -0.25) is 4.79 Å². The zero-order valence-electron chi connectivity index (χ0n) is 11.3. The van der Waals surface area contributed by atoms with Crippen LogP contribution in [0, 0.1) is 0 Å². The van der Waals surface area contributed by atoms with Crippen molar-refractivity contribution in [2.75, 3.05) is 24.8 Å². The van der Waals surface area contributed by atoms with E-state index >= 15 is 0 Å². The van der Waals surface area contributed by atoms with Gasteiger partial charge in [0.2, 0.25) is 0 Å². The third-order valence-electron chi connectivity index (χ3n) is 2.99. The SMILES string of the molecule is COc1cccc(N(C)C(=O)c2cc(N)cn2C)c1. The maximum Gasteiger partial charge on any atom is 0.274 e. The minimum Gasteiger partial charge on any atom is -0.497 e. The summed E-state index contributed by atoms with van der Waals surface area (Å²) < 4.78 is 6.87. The zero-order chi connectivity index (χ0) is 14.0. The van der Waals surface area contributed by atoms with Crippen LogP contribution in [0.25, 0.3) is 0 Å². The third kappa shape index (κ3) is 2.54. The van der Waals surface area contributed by atoms with Gasteiger partial charge in [0.1, 0.15) is 11.4 Å². The van der Waals surface area contributed by atoms with E-state index in [1.807, 2.05) is 24.3 Å². The minimum atomic E-state index is -0.118. The fourth-order valence-corrected chi connectivity index (χ4v) is 1.91. The molecule has 0 aliphatic rings. The number of carbonyl (C=O) groups is 1. The maximum atomic E-state index is 12.4. The molecular weight excluding hydrogens is 242 g/mol. The number of methoxy groups -OCH3 is 1. The number of aryl methyl sites for hydroxylation is 1. The molecular formula is C14H17N3O2. The van der Waals surface area contributed by atoms with E-state index in [0.717, 1.165) is 5.69 Å². The van der Waals surface area contributed by atoms with E-state index in [2.05, 4.69) is 0 Å². The van der Waals surface area contributed by atoms with Crippen molar-refractivity contribution in [1.29, 1.82) is 0 Å². The summed E-state index contributed by atoms with van der Waals surface area (Å²) in [5, 5.41) is 0. The molecule has 5 nitrogen and oxygen atoms in total. The van der Waals surface area contributed by atoms with Crippen molar-refractivity contribution in [3.8, 4) is 5.75 Å². The Morgan fingerprint density at radius 3 is 2.68 bits per heavy atom. The summed E-state index contributed by atoms with van der Waals surface area (Å²) in [5.41, 5.74) is 7.58. The Kier molecular flexibility index (Phi) is 3.46. The van der Waals surface area contributed by atoms with Crippen molar-refractivity contribution < 1.29 is 9.53 Å². The molecule has 1 aromatic carbocycles. The summed E-state index contributed by atoms with van der Waals surface area (Å²) in [7, 11) is 5.11. The highest BCUT2D eigenvalue weighted by molar-refractivity contribution is 6.05. The smallest absolute Gasteiger partial charge is 0.274 e. The van der Waals surface area contributed by atoms with Crippen LogP contribution in [0.15, 0.2) is 36.5 Å². The highest BCUT2D eigenvalue weighted by Gasteiger charge is 2.17. The van der Waals surface area contributed by atoms with Gasteiger partial charge in [0.25, 0.3) is 5.91 Å². The van der Waals surface area contributed by atoms with Crippen LogP contribution in [0.3, 0.4) is 0 Å². The molecule has 19 heavy (non-hydrogen) atoms. The standard InChI is InChI=1S/C14H17N3O2/c1-16-9-10(15)7-13(16)14(18)17(2)11-5-4-6-12(8-11)19-3/h4-9H,15H2,1-3H3. The van der Waals surface area contributed by atoms with Gasteiger partial charge in [0.15, 0.2) is 0 Å². The Morgan fingerprint density at radius 1 is 1.37 bits per heavy atom. The number of hydrogen-bond acceptors (Lipinski definition) is 3. The molecule has 2 N–H and O–H groups in total. The predicted molar refractivity (Wildman–Crippen MR) is 75.6 cm³/mol. The molecule has 0 fully saturated rings. The molecule has 100 valence electrons. The number of anilines is 2. The quantitative estimate of drug-likeness (QED) is 0.915. The highest BCUT2D eigenvalue weighted by Crippen LogP contribution is 2.22. The summed E-state index contributed by atoms with van der Waals surface area (Å²) in [5.74, 6) is 0.594. The van der Waals surface area contributed by atoms with Gasteiger partial charge in [-0.2, -0.15) is 0 Å². The Hall–Kier alpha value is -2.43. The number of benzene rings is 1. The van der Waals surface area contributed by atoms with Gasteiger partial charge >= 0.3 is 0 Å². The number of aromatic nitrogens is 1. The van der Waals surface area contributed by atoms with Crippen LogP contribution in [0.5, 0.6) is 5.75 Å². The molecule has 0 saturated heterocycles. The lowest BCUT2D eigenvalue weighted by atomic mass is 10.2. The summed E-state index contributed by atoms with van der Waals surface area (Å²) in [6.45, 7) is 0. The fourth-order valence-electron chi connectivity index (χ4n) is 1.91. The fraction of sp³-hybridized carbons (Fsp3) is 0.214. The van der Waals surface area contributed by atoms with Gasteiger partial charge in [-0.1, -0.05) is 6.07 Å². The average molecular weight is 259 g/mol. The number of hydrogen-bond donors (Lipinski definition) is 1.